The van der Waals surface area contributed by atoms with Crippen LogP contribution in [0.1, 0.15) is 10.4 Å². The third-order valence-corrected chi connectivity index (χ3v) is 4.94. The van der Waals surface area contributed by atoms with Crippen molar-refractivity contribution in [3.05, 3.63) is 53.8 Å². The Labute approximate surface area is 157 Å². The fourth-order valence-corrected chi connectivity index (χ4v) is 3.65. The zero-order valence-corrected chi connectivity index (χ0v) is 15.5. The van der Waals surface area contributed by atoms with E-state index < -0.39 is 16.0 Å². The Morgan fingerprint density at radius 3 is 2.19 bits per heavy atom. The van der Waals surface area contributed by atoms with Gasteiger partial charge in [0.15, 0.2) is 0 Å². The highest BCUT2D eigenvalue weighted by Gasteiger charge is 2.21. The van der Waals surface area contributed by atoms with Gasteiger partial charge in [-0.05, 0) is 42.5 Å². The van der Waals surface area contributed by atoms with Gasteiger partial charge < -0.3 is 14.9 Å². The van der Waals surface area contributed by atoms with Crippen molar-refractivity contribution in [3.8, 4) is 0 Å². The molecule has 1 heterocycles. The lowest BCUT2D eigenvalue weighted by molar-refractivity contribution is 0.0697. The molecule has 0 aromatic heterocycles. The molecule has 0 radical (unpaired) electrons. The molecule has 2 aromatic rings. The van der Waals surface area contributed by atoms with Gasteiger partial charge in [-0.1, -0.05) is 0 Å². The molecule has 0 aliphatic carbocycles. The molecule has 27 heavy (non-hydrogen) atoms. The number of nitrogens with zero attached hydrogens (tertiary/aromatic N) is 2. The van der Waals surface area contributed by atoms with Crippen molar-refractivity contribution in [2.24, 2.45) is 0 Å². The first-order chi connectivity index (χ1) is 12.7. The molecule has 0 spiro atoms. The molecule has 2 aromatic carbocycles. The summed E-state index contributed by atoms with van der Waals surface area (Å²) in [6.45, 7) is 2.57. The number of piperazine rings is 1. The summed E-state index contributed by atoms with van der Waals surface area (Å²) in [5.41, 5.74) is 1.80. The van der Waals surface area contributed by atoms with E-state index in [4.69, 9.17) is 5.11 Å². The van der Waals surface area contributed by atoms with Crippen molar-refractivity contribution in [1.29, 1.82) is 0 Å². The van der Waals surface area contributed by atoms with Gasteiger partial charge in [0.05, 0.1) is 23.2 Å². The van der Waals surface area contributed by atoms with Crippen LogP contribution in [0.2, 0.25) is 0 Å². The Kier molecular flexibility index (Phi) is 5.22. The Bertz CT molecular complexity index is 940. The average molecular weight is 393 g/mol. The second-order valence-electron chi connectivity index (χ2n) is 6.36. The van der Waals surface area contributed by atoms with Gasteiger partial charge in [-0.2, -0.15) is 0 Å². The van der Waals surface area contributed by atoms with E-state index in [1.165, 1.54) is 24.3 Å². The third-order valence-electron chi connectivity index (χ3n) is 4.35. The number of sulfonamides is 1. The molecule has 3 rings (SSSR count). The van der Waals surface area contributed by atoms with Gasteiger partial charge in [-0.15, -0.1) is 0 Å². The van der Waals surface area contributed by atoms with Crippen LogP contribution >= 0.6 is 0 Å². The summed E-state index contributed by atoms with van der Waals surface area (Å²) in [7, 11) is -3.55. The van der Waals surface area contributed by atoms with Gasteiger partial charge in [0, 0.05) is 31.9 Å². The maximum Gasteiger partial charge on any atom is 0.335 e. The van der Waals surface area contributed by atoms with Crippen molar-refractivity contribution in [3.63, 3.8) is 0 Å². The predicted molar refractivity (Wildman–Crippen MR) is 103 cm³/mol. The molecule has 0 amide bonds. The standard InChI is InChI=1S/C18H20FN3O4S/c1-27(25,26)20-16-12-13(18(23)24)2-7-17(16)22-10-8-21(9-11-22)15-5-3-14(19)4-6-15/h2-7,12,20H,8-11H2,1H3,(H,23,24). The van der Waals surface area contributed by atoms with Crippen LogP contribution in [0.25, 0.3) is 0 Å². The molecule has 1 aliphatic heterocycles. The molecule has 144 valence electrons. The summed E-state index contributed by atoms with van der Waals surface area (Å²) in [5.74, 6) is -1.41. The van der Waals surface area contributed by atoms with E-state index >= 15 is 0 Å². The number of carbonyl (C=O) groups is 1. The van der Waals surface area contributed by atoms with E-state index in [0.29, 0.717) is 31.9 Å². The quantitative estimate of drug-likeness (QED) is 0.810. The molecule has 7 nitrogen and oxygen atoms in total. The molecular formula is C18H20FN3O4S. The zero-order valence-electron chi connectivity index (χ0n) is 14.7. The Morgan fingerprint density at radius 2 is 1.63 bits per heavy atom. The molecule has 1 fully saturated rings. The molecule has 0 atom stereocenters. The monoisotopic (exact) mass is 393 g/mol. The summed E-state index contributed by atoms with van der Waals surface area (Å²) in [6.07, 6.45) is 1.02. The normalized spacial score (nSPS) is 14.9. The van der Waals surface area contributed by atoms with Crippen molar-refractivity contribution in [2.75, 3.05) is 47.0 Å². The fraction of sp³-hybridized carbons (Fsp3) is 0.278. The first-order valence-electron chi connectivity index (χ1n) is 8.33. The Hall–Kier alpha value is -2.81. The van der Waals surface area contributed by atoms with Gasteiger partial charge in [0.1, 0.15) is 5.82 Å². The Morgan fingerprint density at radius 1 is 1.04 bits per heavy atom. The minimum Gasteiger partial charge on any atom is -0.478 e. The van der Waals surface area contributed by atoms with Crippen molar-refractivity contribution in [1.82, 2.24) is 0 Å². The van der Waals surface area contributed by atoms with E-state index in [2.05, 4.69) is 9.62 Å². The van der Waals surface area contributed by atoms with Gasteiger partial charge >= 0.3 is 5.97 Å². The van der Waals surface area contributed by atoms with Crippen LogP contribution in [0.15, 0.2) is 42.5 Å². The summed E-state index contributed by atoms with van der Waals surface area (Å²) < 4.78 is 38.8. The van der Waals surface area contributed by atoms with Crippen LogP contribution in [-0.2, 0) is 10.0 Å². The molecule has 0 saturated carbocycles. The van der Waals surface area contributed by atoms with Crippen LogP contribution in [0.5, 0.6) is 0 Å². The van der Waals surface area contributed by atoms with E-state index in [9.17, 15) is 17.6 Å². The van der Waals surface area contributed by atoms with E-state index in [0.717, 1.165) is 11.9 Å². The van der Waals surface area contributed by atoms with Crippen LogP contribution in [0, 0.1) is 5.82 Å². The number of carboxylic acids is 1. The number of aromatic carboxylic acids is 1. The zero-order chi connectivity index (χ0) is 19.6. The van der Waals surface area contributed by atoms with E-state index in [1.54, 1.807) is 18.2 Å². The highest BCUT2D eigenvalue weighted by Crippen LogP contribution is 2.30. The Balaban J connectivity index is 1.80. The minimum atomic E-state index is -3.55. The maximum atomic E-state index is 13.1. The van der Waals surface area contributed by atoms with Crippen molar-refractivity contribution >= 4 is 33.1 Å². The molecule has 1 saturated heterocycles. The van der Waals surface area contributed by atoms with Crippen LogP contribution in [0.3, 0.4) is 0 Å². The number of rotatable bonds is 5. The largest absolute Gasteiger partial charge is 0.478 e. The van der Waals surface area contributed by atoms with Crippen molar-refractivity contribution < 1.29 is 22.7 Å². The van der Waals surface area contributed by atoms with Gasteiger partial charge in [-0.25, -0.2) is 17.6 Å². The molecule has 9 heteroatoms. The molecular weight excluding hydrogens is 373 g/mol. The predicted octanol–water partition coefficient (Wildman–Crippen LogP) is 2.22. The number of anilines is 3. The number of halogens is 1. The lowest BCUT2D eigenvalue weighted by Crippen LogP contribution is -2.46. The van der Waals surface area contributed by atoms with Crippen LogP contribution in [0.4, 0.5) is 21.5 Å². The molecule has 2 N–H and O–H groups in total. The second-order valence-corrected chi connectivity index (χ2v) is 8.11. The molecule has 0 bridgehead atoms. The number of nitrogens with one attached hydrogen (secondary N) is 1. The van der Waals surface area contributed by atoms with Gasteiger partial charge in [-0.3, -0.25) is 4.72 Å². The lowest BCUT2D eigenvalue weighted by atomic mass is 10.1. The van der Waals surface area contributed by atoms with Crippen LogP contribution in [-0.4, -0.2) is 51.9 Å². The van der Waals surface area contributed by atoms with E-state index in [-0.39, 0.29) is 17.1 Å². The van der Waals surface area contributed by atoms with Crippen molar-refractivity contribution in [2.45, 2.75) is 0 Å². The average Bonchev–Trinajstić information content (AvgIpc) is 2.61. The topological polar surface area (TPSA) is 89.9 Å². The summed E-state index contributed by atoms with van der Waals surface area (Å²) in [6, 6.07) is 10.7. The highest BCUT2D eigenvalue weighted by molar-refractivity contribution is 7.92. The first kappa shape index (κ1) is 19.0. The molecule has 1 aliphatic rings. The smallest absolute Gasteiger partial charge is 0.335 e. The first-order valence-corrected chi connectivity index (χ1v) is 10.2. The summed E-state index contributed by atoms with van der Waals surface area (Å²) in [4.78, 5) is 15.3. The van der Waals surface area contributed by atoms with Crippen LogP contribution < -0.4 is 14.5 Å². The number of carboxylic acid groups (broad SMARTS) is 1. The second kappa shape index (κ2) is 7.43. The third kappa shape index (κ3) is 4.68. The van der Waals surface area contributed by atoms with Gasteiger partial charge in [0.25, 0.3) is 0 Å². The summed E-state index contributed by atoms with van der Waals surface area (Å²) in [5, 5.41) is 9.16. The molecule has 0 unspecified atom stereocenters. The SMILES string of the molecule is CS(=O)(=O)Nc1cc(C(=O)O)ccc1N1CCN(c2ccc(F)cc2)CC1. The van der Waals surface area contributed by atoms with E-state index in [1.807, 2.05) is 4.90 Å². The number of hydrogen-bond acceptors (Lipinski definition) is 5. The minimum absolute atomic E-state index is 0.00912. The summed E-state index contributed by atoms with van der Waals surface area (Å²) >= 11 is 0. The lowest BCUT2D eigenvalue weighted by Gasteiger charge is -2.38. The number of benzene rings is 2. The number of hydrogen-bond donors (Lipinski definition) is 2. The maximum absolute atomic E-state index is 13.1. The van der Waals surface area contributed by atoms with Gasteiger partial charge in [0.2, 0.25) is 10.0 Å². The highest BCUT2D eigenvalue weighted by atomic mass is 32.2. The fourth-order valence-electron chi connectivity index (χ4n) is 3.08.